The number of allylic oxidation sites excluding steroid dienone is 2. The van der Waals surface area contributed by atoms with E-state index >= 15 is 0 Å². The molecule has 0 aromatic heterocycles. The Bertz CT molecular complexity index is 308. The van der Waals surface area contributed by atoms with E-state index in [0.29, 0.717) is 0 Å². The minimum Gasteiger partial charge on any atom is -0.316 e. The molecule has 0 aromatic carbocycles. The molecule has 0 N–H and O–H groups in total. The van der Waals surface area contributed by atoms with Crippen LogP contribution in [0.2, 0.25) is 0 Å². The zero-order valence-electron chi connectivity index (χ0n) is 8.57. The molecule has 1 heterocycles. The van der Waals surface area contributed by atoms with Crippen molar-refractivity contribution in [1.82, 2.24) is 4.90 Å². The molecule has 0 unspecified atom stereocenters. The monoisotopic (exact) mass is 177 g/mol. The lowest BCUT2D eigenvalue weighted by atomic mass is 10.4. The fourth-order valence-electron chi connectivity index (χ4n) is 1.12. The molecule has 0 saturated carbocycles. The maximum absolute atomic E-state index is 4.36. The normalized spacial score (nSPS) is 23.7. The summed E-state index contributed by atoms with van der Waals surface area (Å²) in [6.07, 6.45) is 5.65. The van der Waals surface area contributed by atoms with Crippen LogP contribution in [0.5, 0.6) is 0 Å². The van der Waals surface area contributed by atoms with Crippen molar-refractivity contribution in [3.05, 3.63) is 24.0 Å². The fourth-order valence-corrected chi connectivity index (χ4v) is 1.12. The van der Waals surface area contributed by atoms with Gasteiger partial charge in [0.05, 0.1) is 0 Å². The molecule has 0 saturated heterocycles. The van der Waals surface area contributed by atoms with Crippen LogP contribution < -0.4 is 0 Å². The number of rotatable bonds is 1. The SMILES string of the molecule is C\C=C/N=C1\C(=C/C)N=C(C)N1C. The molecule has 1 rings (SSSR count). The predicted molar refractivity (Wildman–Crippen MR) is 56.9 cm³/mol. The molecular formula is C10H15N3. The van der Waals surface area contributed by atoms with Gasteiger partial charge in [0, 0.05) is 13.2 Å². The molecule has 0 radical (unpaired) electrons. The van der Waals surface area contributed by atoms with Crippen LogP contribution in [0.4, 0.5) is 0 Å². The Morgan fingerprint density at radius 1 is 1.38 bits per heavy atom. The van der Waals surface area contributed by atoms with Crippen LogP contribution in [0.1, 0.15) is 20.8 Å². The Morgan fingerprint density at radius 3 is 2.62 bits per heavy atom. The summed E-state index contributed by atoms with van der Waals surface area (Å²) in [6, 6.07) is 0. The van der Waals surface area contributed by atoms with Gasteiger partial charge >= 0.3 is 0 Å². The molecule has 0 spiro atoms. The van der Waals surface area contributed by atoms with Gasteiger partial charge in [0.1, 0.15) is 11.5 Å². The van der Waals surface area contributed by atoms with Gasteiger partial charge in [-0.3, -0.25) is 0 Å². The number of hydrogen-bond acceptors (Lipinski definition) is 2. The van der Waals surface area contributed by atoms with Gasteiger partial charge in [0.25, 0.3) is 0 Å². The Balaban J connectivity index is 3.00. The minimum atomic E-state index is 0.915. The molecule has 3 nitrogen and oxygen atoms in total. The third kappa shape index (κ3) is 1.86. The molecule has 0 fully saturated rings. The molecule has 3 heteroatoms. The Hall–Kier alpha value is -1.38. The van der Waals surface area contributed by atoms with Gasteiger partial charge < -0.3 is 4.90 Å². The highest BCUT2D eigenvalue weighted by Gasteiger charge is 2.19. The third-order valence-corrected chi connectivity index (χ3v) is 1.93. The van der Waals surface area contributed by atoms with E-state index in [9.17, 15) is 0 Å². The molecule has 0 aliphatic carbocycles. The van der Waals surface area contributed by atoms with Crippen LogP contribution in [0.15, 0.2) is 34.0 Å². The van der Waals surface area contributed by atoms with E-state index in [1.54, 1.807) is 6.20 Å². The second-order valence-electron chi connectivity index (χ2n) is 2.83. The van der Waals surface area contributed by atoms with Crippen LogP contribution in [0.25, 0.3) is 0 Å². The standard InChI is InChI=1S/C10H15N3/c1-5-7-11-10-9(6-2)12-8(3)13(10)4/h5-7H,1-4H3/b7-5-,9-6+,11-10+. The summed E-state index contributed by atoms with van der Waals surface area (Å²) in [6.45, 7) is 5.89. The summed E-state index contributed by atoms with van der Waals surface area (Å²) in [5.74, 6) is 1.90. The molecule has 0 aromatic rings. The van der Waals surface area contributed by atoms with Gasteiger partial charge in [-0.2, -0.15) is 0 Å². The van der Waals surface area contributed by atoms with Crippen molar-refractivity contribution in [3.8, 4) is 0 Å². The molecular weight excluding hydrogens is 162 g/mol. The second kappa shape index (κ2) is 4.03. The van der Waals surface area contributed by atoms with Crippen LogP contribution in [-0.2, 0) is 0 Å². The van der Waals surface area contributed by atoms with Gasteiger partial charge in [-0.1, -0.05) is 12.2 Å². The van der Waals surface area contributed by atoms with Crippen LogP contribution in [-0.4, -0.2) is 23.6 Å². The highest BCUT2D eigenvalue weighted by atomic mass is 15.3. The summed E-state index contributed by atoms with van der Waals surface area (Å²) in [5, 5.41) is 0. The largest absolute Gasteiger partial charge is 0.316 e. The van der Waals surface area contributed by atoms with Gasteiger partial charge in [-0.15, -0.1) is 0 Å². The molecule has 0 amide bonds. The number of amidine groups is 2. The first-order chi connectivity index (χ1) is 6.20. The number of likely N-dealkylation sites (N-methyl/N-ethyl adjacent to an activating group) is 1. The Kier molecular flexibility index (Phi) is 3.01. The highest BCUT2D eigenvalue weighted by Crippen LogP contribution is 2.14. The zero-order valence-corrected chi connectivity index (χ0v) is 8.57. The van der Waals surface area contributed by atoms with E-state index < -0.39 is 0 Å². The summed E-state index contributed by atoms with van der Waals surface area (Å²) in [4.78, 5) is 10.6. The highest BCUT2D eigenvalue weighted by molar-refractivity contribution is 6.14. The number of nitrogens with zero attached hydrogens (tertiary/aromatic N) is 3. The molecule has 0 bridgehead atoms. The van der Waals surface area contributed by atoms with Crippen molar-refractivity contribution in [1.29, 1.82) is 0 Å². The fraction of sp³-hybridized carbons (Fsp3) is 0.400. The Labute approximate surface area is 79.2 Å². The van der Waals surface area contributed by atoms with E-state index in [2.05, 4.69) is 9.98 Å². The van der Waals surface area contributed by atoms with E-state index in [-0.39, 0.29) is 0 Å². The zero-order chi connectivity index (χ0) is 9.84. The predicted octanol–water partition coefficient (Wildman–Crippen LogP) is 2.19. The molecule has 1 aliphatic rings. The smallest absolute Gasteiger partial charge is 0.159 e. The molecule has 70 valence electrons. The summed E-state index contributed by atoms with van der Waals surface area (Å²) >= 11 is 0. The Morgan fingerprint density at radius 2 is 2.08 bits per heavy atom. The van der Waals surface area contributed by atoms with Crippen LogP contribution >= 0.6 is 0 Å². The molecule has 1 aliphatic heterocycles. The van der Waals surface area contributed by atoms with Crippen LogP contribution in [0, 0.1) is 0 Å². The van der Waals surface area contributed by atoms with Crippen molar-refractivity contribution in [2.75, 3.05) is 7.05 Å². The van der Waals surface area contributed by atoms with Crippen LogP contribution in [0.3, 0.4) is 0 Å². The maximum Gasteiger partial charge on any atom is 0.159 e. The third-order valence-electron chi connectivity index (χ3n) is 1.93. The lowest BCUT2D eigenvalue weighted by molar-refractivity contribution is 0.768. The van der Waals surface area contributed by atoms with E-state index in [0.717, 1.165) is 17.4 Å². The lowest BCUT2D eigenvalue weighted by Crippen LogP contribution is -2.25. The van der Waals surface area contributed by atoms with Crippen molar-refractivity contribution in [2.24, 2.45) is 9.98 Å². The van der Waals surface area contributed by atoms with Gasteiger partial charge in [-0.05, 0) is 20.8 Å². The van der Waals surface area contributed by atoms with E-state index in [4.69, 9.17) is 0 Å². The topological polar surface area (TPSA) is 28.0 Å². The average Bonchev–Trinajstić information content (AvgIpc) is 2.40. The van der Waals surface area contributed by atoms with Crippen molar-refractivity contribution >= 4 is 11.7 Å². The van der Waals surface area contributed by atoms with Gasteiger partial charge in [0.15, 0.2) is 5.84 Å². The summed E-state index contributed by atoms with van der Waals surface area (Å²) in [7, 11) is 1.97. The molecule has 0 atom stereocenters. The number of aliphatic imine (C=N–C) groups is 2. The summed E-state index contributed by atoms with van der Waals surface area (Å²) < 4.78 is 0. The van der Waals surface area contributed by atoms with Gasteiger partial charge in [-0.25, -0.2) is 9.98 Å². The van der Waals surface area contributed by atoms with E-state index in [1.807, 2.05) is 44.9 Å². The minimum absolute atomic E-state index is 0.915. The average molecular weight is 177 g/mol. The molecule has 13 heavy (non-hydrogen) atoms. The first kappa shape index (κ1) is 9.71. The first-order valence-electron chi connectivity index (χ1n) is 4.35. The lowest BCUT2D eigenvalue weighted by Gasteiger charge is -2.10. The van der Waals surface area contributed by atoms with Gasteiger partial charge in [0.2, 0.25) is 0 Å². The second-order valence-corrected chi connectivity index (χ2v) is 2.83. The quantitative estimate of drug-likeness (QED) is 0.603. The maximum atomic E-state index is 4.36. The number of hydrogen-bond donors (Lipinski definition) is 0. The first-order valence-corrected chi connectivity index (χ1v) is 4.35. The summed E-state index contributed by atoms with van der Waals surface area (Å²) in [5.41, 5.74) is 0.943. The van der Waals surface area contributed by atoms with Crippen molar-refractivity contribution in [3.63, 3.8) is 0 Å². The van der Waals surface area contributed by atoms with Crippen molar-refractivity contribution in [2.45, 2.75) is 20.8 Å². The van der Waals surface area contributed by atoms with Crippen molar-refractivity contribution < 1.29 is 0 Å². The van der Waals surface area contributed by atoms with E-state index in [1.165, 1.54) is 0 Å².